The standard InChI is InChI=1S/C11H12BrFO/c1-7-2-3-10(13)11(4-7)14-9-5-8(12)6-9/h2-4,8-9H,5-6H2,1H3. The number of benzene rings is 1. The van der Waals surface area contributed by atoms with E-state index in [4.69, 9.17) is 4.74 Å². The lowest BCUT2D eigenvalue weighted by Gasteiger charge is -2.31. The number of alkyl halides is 1. The maximum absolute atomic E-state index is 13.3. The third-order valence-corrected chi connectivity index (χ3v) is 3.17. The summed E-state index contributed by atoms with van der Waals surface area (Å²) in [5.41, 5.74) is 1.02. The van der Waals surface area contributed by atoms with Crippen molar-refractivity contribution in [2.75, 3.05) is 0 Å². The van der Waals surface area contributed by atoms with Crippen molar-refractivity contribution in [2.45, 2.75) is 30.7 Å². The molecule has 0 atom stereocenters. The molecule has 76 valence electrons. The summed E-state index contributed by atoms with van der Waals surface area (Å²) in [5, 5.41) is 0. The smallest absolute Gasteiger partial charge is 0.165 e. The van der Waals surface area contributed by atoms with E-state index in [9.17, 15) is 4.39 Å². The second-order valence-electron chi connectivity index (χ2n) is 3.74. The number of halogens is 2. The average Bonchev–Trinajstić information content (AvgIpc) is 2.09. The lowest BCUT2D eigenvalue weighted by Crippen LogP contribution is -2.34. The molecule has 3 heteroatoms. The van der Waals surface area contributed by atoms with Crippen LogP contribution in [0.1, 0.15) is 18.4 Å². The Morgan fingerprint density at radius 1 is 1.43 bits per heavy atom. The largest absolute Gasteiger partial charge is 0.487 e. The molecular weight excluding hydrogens is 247 g/mol. The second kappa shape index (κ2) is 3.89. The monoisotopic (exact) mass is 258 g/mol. The molecule has 0 spiro atoms. The molecule has 2 rings (SSSR count). The second-order valence-corrected chi connectivity index (χ2v) is 5.04. The van der Waals surface area contributed by atoms with Crippen LogP contribution in [0.2, 0.25) is 0 Å². The van der Waals surface area contributed by atoms with Gasteiger partial charge < -0.3 is 4.74 Å². The zero-order valence-corrected chi connectivity index (χ0v) is 9.55. The van der Waals surface area contributed by atoms with Gasteiger partial charge in [0, 0.05) is 4.83 Å². The van der Waals surface area contributed by atoms with Crippen LogP contribution in [-0.2, 0) is 0 Å². The first-order chi connectivity index (χ1) is 6.65. The van der Waals surface area contributed by atoms with E-state index in [1.807, 2.05) is 6.92 Å². The fourth-order valence-corrected chi connectivity index (χ4v) is 2.31. The van der Waals surface area contributed by atoms with Gasteiger partial charge in [0.15, 0.2) is 11.6 Å². The summed E-state index contributed by atoms with van der Waals surface area (Å²) < 4.78 is 18.8. The maximum atomic E-state index is 13.3. The highest BCUT2D eigenvalue weighted by Gasteiger charge is 2.29. The van der Waals surface area contributed by atoms with Crippen molar-refractivity contribution in [1.82, 2.24) is 0 Å². The van der Waals surface area contributed by atoms with Crippen LogP contribution in [0, 0.1) is 12.7 Å². The quantitative estimate of drug-likeness (QED) is 0.739. The summed E-state index contributed by atoms with van der Waals surface area (Å²) in [6.07, 6.45) is 2.11. The fraction of sp³-hybridized carbons (Fsp3) is 0.455. The minimum Gasteiger partial charge on any atom is -0.487 e. The summed E-state index contributed by atoms with van der Waals surface area (Å²) in [5.74, 6) is 0.114. The highest BCUT2D eigenvalue weighted by molar-refractivity contribution is 9.09. The topological polar surface area (TPSA) is 9.23 Å². The molecule has 1 aromatic carbocycles. The van der Waals surface area contributed by atoms with Gasteiger partial charge in [-0.2, -0.15) is 0 Å². The van der Waals surface area contributed by atoms with Gasteiger partial charge in [0.2, 0.25) is 0 Å². The van der Waals surface area contributed by atoms with Crippen molar-refractivity contribution in [2.24, 2.45) is 0 Å². The molecule has 0 heterocycles. The van der Waals surface area contributed by atoms with Gasteiger partial charge in [0.25, 0.3) is 0 Å². The predicted molar refractivity (Wildman–Crippen MR) is 57.5 cm³/mol. The summed E-state index contributed by atoms with van der Waals surface area (Å²) in [4.78, 5) is 0.542. The first-order valence-electron chi connectivity index (χ1n) is 4.72. The van der Waals surface area contributed by atoms with Crippen LogP contribution >= 0.6 is 15.9 Å². The van der Waals surface area contributed by atoms with E-state index < -0.39 is 0 Å². The minimum atomic E-state index is -0.270. The highest BCUT2D eigenvalue weighted by Crippen LogP contribution is 2.32. The Kier molecular flexibility index (Phi) is 2.77. The number of ether oxygens (including phenoxy) is 1. The lowest BCUT2D eigenvalue weighted by atomic mass is 9.96. The number of hydrogen-bond donors (Lipinski definition) is 0. The molecule has 1 fully saturated rings. The van der Waals surface area contributed by atoms with E-state index >= 15 is 0 Å². The van der Waals surface area contributed by atoms with Gasteiger partial charge in [0.05, 0.1) is 0 Å². The van der Waals surface area contributed by atoms with Gasteiger partial charge in [0.1, 0.15) is 6.10 Å². The molecule has 0 radical (unpaired) electrons. The molecular formula is C11H12BrFO. The molecule has 0 unspecified atom stereocenters. The van der Waals surface area contributed by atoms with Crippen molar-refractivity contribution in [3.63, 3.8) is 0 Å². The van der Waals surface area contributed by atoms with Gasteiger partial charge in [-0.3, -0.25) is 0 Å². The molecule has 0 amide bonds. The number of aryl methyl sites for hydroxylation is 1. The van der Waals surface area contributed by atoms with E-state index in [0.717, 1.165) is 18.4 Å². The predicted octanol–water partition coefficient (Wildman–Crippen LogP) is 3.44. The zero-order valence-electron chi connectivity index (χ0n) is 7.97. The fourth-order valence-electron chi connectivity index (χ4n) is 1.48. The average molecular weight is 259 g/mol. The first-order valence-corrected chi connectivity index (χ1v) is 5.63. The summed E-state index contributed by atoms with van der Waals surface area (Å²) in [6, 6.07) is 4.95. The Labute approximate surface area is 91.4 Å². The molecule has 0 aromatic heterocycles. The third-order valence-electron chi connectivity index (χ3n) is 2.42. The summed E-state index contributed by atoms with van der Waals surface area (Å²) >= 11 is 3.47. The highest BCUT2D eigenvalue weighted by atomic mass is 79.9. The van der Waals surface area contributed by atoms with E-state index in [-0.39, 0.29) is 11.9 Å². The van der Waals surface area contributed by atoms with E-state index in [1.165, 1.54) is 6.07 Å². The Morgan fingerprint density at radius 2 is 2.14 bits per heavy atom. The maximum Gasteiger partial charge on any atom is 0.165 e. The molecule has 1 saturated carbocycles. The van der Waals surface area contributed by atoms with Gasteiger partial charge >= 0.3 is 0 Å². The van der Waals surface area contributed by atoms with Crippen molar-refractivity contribution in [3.8, 4) is 5.75 Å². The Morgan fingerprint density at radius 3 is 2.79 bits per heavy atom. The molecule has 14 heavy (non-hydrogen) atoms. The van der Waals surface area contributed by atoms with Gasteiger partial charge in [-0.15, -0.1) is 0 Å². The molecule has 1 nitrogen and oxygen atoms in total. The SMILES string of the molecule is Cc1ccc(F)c(OC2CC(Br)C2)c1. The third kappa shape index (κ3) is 2.08. The molecule has 0 bridgehead atoms. The molecule has 1 aliphatic rings. The Bertz CT molecular complexity index is 334. The molecule has 1 aromatic rings. The normalized spacial score (nSPS) is 25.6. The zero-order chi connectivity index (χ0) is 10.1. The van der Waals surface area contributed by atoms with Crippen LogP contribution in [0.3, 0.4) is 0 Å². The summed E-state index contributed by atoms with van der Waals surface area (Å²) in [7, 11) is 0. The van der Waals surface area contributed by atoms with Crippen LogP contribution < -0.4 is 4.74 Å². The van der Waals surface area contributed by atoms with Gasteiger partial charge in [-0.25, -0.2) is 4.39 Å². The molecule has 0 aliphatic heterocycles. The van der Waals surface area contributed by atoms with E-state index in [2.05, 4.69) is 15.9 Å². The van der Waals surface area contributed by atoms with E-state index in [0.29, 0.717) is 10.6 Å². The lowest BCUT2D eigenvalue weighted by molar-refractivity contribution is 0.122. The molecule has 0 N–H and O–H groups in total. The van der Waals surface area contributed by atoms with Crippen molar-refractivity contribution >= 4 is 15.9 Å². The summed E-state index contributed by atoms with van der Waals surface area (Å²) in [6.45, 7) is 1.93. The first kappa shape index (κ1) is 9.97. The van der Waals surface area contributed by atoms with Crippen molar-refractivity contribution in [3.05, 3.63) is 29.6 Å². The van der Waals surface area contributed by atoms with Crippen molar-refractivity contribution < 1.29 is 9.13 Å². The van der Waals surface area contributed by atoms with E-state index in [1.54, 1.807) is 12.1 Å². The Hall–Kier alpha value is -0.570. The van der Waals surface area contributed by atoms with Gasteiger partial charge in [-0.1, -0.05) is 22.0 Å². The van der Waals surface area contributed by atoms with Crippen LogP contribution in [0.4, 0.5) is 4.39 Å². The minimum absolute atomic E-state index is 0.177. The molecule has 0 saturated heterocycles. The Balaban J connectivity index is 2.05. The molecule has 1 aliphatic carbocycles. The van der Waals surface area contributed by atoms with Gasteiger partial charge in [-0.05, 0) is 37.5 Å². The van der Waals surface area contributed by atoms with Crippen molar-refractivity contribution in [1.29, 1.82) is 0 Å². The number of hydrogen-bond acceptors (Lipinski definition) is 1. The van der Waals surface area contributed by atoms with Crippen LogP contribution in [0.15, 0.2) is 18.2 Å². The van der Waals surface area contributed by atoms with Crippen LogP contribution in [-0.4, -0.2) is 10.9 Å². The number of rotatable bonds is 2. The van der Waals surface area contributed by atoms with Crippen LogP contribution in [0.5, 0.6) is 5.75 Å². The van der Waals surface area contributed by atoms with Crippen LogP contribution in [0.25, 0.3) is 0 Å².